The van der Waals surface area contributed by atoms with Crippen molar-refractivity contribution >= 4 is 0 Å². The highest BCUT2D eigenvalue weighted by Gasteiger charge is 2.49. The van der Waals surface area contributed by atoms with Crippen LogP contribution in [-0.4, -0.2) is 214 Å². The second-order valence-electron chi connectivity index (χ2n) is 13.0. The molecule has 0 aromatic heterocycles. The summed E-state index contributed by atoms with van der Waals surface area (Å²) in [6.07, 6.45) is -28.6. The molecule has 55 heavy (non-hydrogen) atoms. The molecule has 0 bridgehead atoms. The minimum atomic E-state index is -2.45. The molecule has 1 saturated carbocycles. The van der Waals surface area contributed by atoms with Crippen molar-refractivity contribution in [2.75, 3.05) is 33.2 Å². The Labute approximate surface area is 315 Å². The van der Waals surface area contributed by atoms with Crippen LogP contribution in [0.4, 0.5) is 0 Å². The third-order valence-corrected chi connectivity index (χ3v) is 9.01. The van der Waals surface area contributed by atoms with E-state index in [9.17, 15) is 66.4 Å². The molecule has 322 valence electrons. The lowest BCUT2D eigenvalue weighted by Gasteiger charge is -2.44. The van der Waals surface area contributed by atoms with Crippen molar-refractivity contribution in [2.24, 2.45) is 5.11 Å². The first-order valence-corrected chi connectivity index (χ1v) is 17.7. The summed E-state index contributed by atoms with van der Waals surface area (Å²) in [4.78, 5) is 2.79. The van der Waals surface area contributed by atoms with Gasteiger partial charge < -0.3 is 105 Å². The standard InChI is InChI=1S/C31H57N3O21/c32-34-33-14-1-3-15(4-2-14)52-31-26(47)27(24(45)20(12-38)53-31)55-30(49)28(23(44)18(41)7-10-37)54-21(11-19(42)16(39)5-8-35)50-13-51-29(48)25(46)22(43)17(40)6-9-36/h11,14-18,20-31,35-49H,1-10,12-13H2/b19-11-/t14?,15?,16-,17-,18-,20?,21?,22?,23?,24-,25?,26?,27?,28?,29-,30?,31-/m1/s1. The summed E-state index contributed by atoms with van der Waals surface area (Å²) in [6.45, 7) is -3.76. The van der Waals surface area contributed by atoms with Crippen LogP contribution < -0.4 is 0 Å². The monoisotopic (exact) mass is 807 g/mol. The van der Waals surface area contributed by atoms with Crippen molar-refractivity contribution in [3.63, 3.8) is 0 Å². The molecule has 24 nitrogen and oxygen atoms in total. The Kier molecular flexibility index (Phi) is 22.7. The number of azide groups is 1. The van der Waals surface area contributed by atoms with E-state index in [2.05, 4.69) is 10.0 Å². The van der Waals surface area contributed by atoms with E-state index in [-0.39, 0.29) is 12.5 Å². The summed E-state index contributed by atoms with van der Waals surface area (Å²) in [5.41, 5.74) is 8.70. The van der Waals surface area contributed by atoms with Crippen LogP contribution in [0.25, 0.3) is 10.4 Å². The van der Waals surface area contributed by atoms with Gasteiger partial charge in [0.15, 0.2) is 32.0 Å². The lowest BCUT2D eigenvalue weighted by molar-refractivity contribution is -0.349. The zero-order valence-electron chi connectivity index (χ0n) is 29.9. The van der Waals surface area contributed by atoms with Crippen molar-refractivity contribution < 1.29 is 105 Å². The normalized spacial score (nSPS) is 30.6. The zero-order valence-corrected chi connectivity index (χ0v) is 29.9. The third-order valence-electron chi connectivity index (χ3n) is 9.01. The molecule has 2 rings (SSSR count). The maximum atomic E-state index is 11.3. The molecule has 1 saturated heterocycles. The number of hydrogen-bond acceptors (Lipinski definition) is 22. The van der Waals surface area contributed by atoms with Crippen LogP contribution in [0.3, 0.4) is 0 Å². The van der Waals surface area contributed by atoms with Crippen LogP contribution in [0.15, 0.2) is 16.9 Å². The van der Waals surface area contributed by atoms with Gasteiger partial charge in [-0.3, -0.25) is 0 Å². The Morgan fingerprint density at radius 2 is 1.38 bits per heavy atom. The summed E-state index contributed by atoms with van der Waals surface area (Å²) >= 11 is 0. The van der Waals surface area contributed by atoms with Crippen molar-refractivity contribution in [1.29, 1.82) is 0 Å². The van der Waals surface area contributed by atoms with E-state index in [0.717, 1.165) is 0 Å². The van der Waals surface area contributed by atoms with Crippen LogP contribution in [-0.2, 0) is 28.4 Å². The molecule has 1 heterocycles. The van der Waals surface area contributed by atoms with Gasteiger partial charge in [-0.15, -0.1) is 0 Å². The third kappa shape index (κ3) is 15.4. The molecule has 0 aromatic rings. The summed E-state index contributed by atoms with van der Waals surface area (Å²) < 4.78 is 32.8. The molecule has 0 spiro atoms. The maximum Gasteiger partial charge on any atom is 0.186 e. The Morgan fingerprint density at radius 1 is 0.782 bits per heavy atom. The number of aliphatic hydroxyl groups excluding tert-OH is 15. The Balaban J connectivity index is 2.34. The fourth-order valence-electron chi connectivity index (χ4n) is 5.74. The summed E-state index contributed by atoms with van der Waals surface area (Å²) in [5.74, 6) is -0.906. The number of nitrogens with zero attached hydrogens (tertiary/aromatic N) is 3. The van der Waals surface area contributed by atoms with Gasteiger partial charge in [-0.05, 0) is 44.1 Å². The first-order valence-electron chi connectivity index (χ1n) is 17.7. The van der Waals surface area contributed by atoms with Crippen LogP contribution in [0.5, 0.6) is 0 Å². The Hall–Kier alpha value is -1.95. The smallest absolute Gasteiger partial charge is 0.186 e. The van der Waals surface area contributed by atoms with E-state index in [4.69, 9.17) is 44.2 Å². The first-order chi connectivity index (χ1) is 26.1. The fraction of sp³-hybridized carbons (Fsp3) is 0.935. The highest BCUT2D eigenvalue weighted by atomic mass is 16.8. The van der Waals surface area contributed by atoms with E-state index in [0.29, 0.717) is 31.8 Å². The van der Waals surface area contributed by atoms with E-state index >= 15 is 0 Å². The van der Waals surface area contributed by atoms with Gasteiger partial charge in [0.2, 0.25) is 0 Å². The predicted octanol–water partition coefficient (Wildman–Crippen LogP) is -5.46. The van der Waals surface area contributed by atoms with Crippen LogP contribution >= 0.6 is 0 Å². The highest BCUT2D eigenvalue weighted by molar-refractivity contribution is 5.00. The average molecular weight is 808 g/mol. The van der Waals surface area contributed by atoms with Crippen molar-refractivity contribution in [3.8, 4) is 0 Å². The Morgan fingerprint density at radius 3 is 1.95 bits per heavy atom. The summed E-state index contributed by atoms with van der Waals surface area (Å²) in [6, 6.07) is -0.264. The zero-order chi connectivity index (χ0) is 41.2. The lowest BCUT2D eigenvalue weighted by Crippen LogP contribution is -2.62. The molecule has 0 amide bonds. The molecule has 15 N–H and O–H groups in total. The largest absolute Gasteiger partial charge is 0.510 e. The highest BCUT2D eigenvalue weighted by Crippen LogP contribution is 2.31. The molecule has 15 atom stereocenters. The van der Waals surface area contributed by atoms with Gasteiger partial charge in [-0.1, -0.05) is 5.11 Å². The van der Waals surface area contributed by atoms with Gasteiger partial charge in [0.05, 0.1) is 24.9 Å². The van der Waals surface area contributed by atoms with Crippen molar-refractivity contribution in [3.05, 3.63) is 22.3 Å². The number of rotatable bonds is 26. The van der Waals surface area contributed by atoms with Crippen LogP contribution in [0.1, 0.15) is 44.9 Å². The summed E-state index contributed by atoms with van der Waals surface area (Å²) in [7, 11) is 0. The first kappa shape index (κ1) is 49.2. The van der Waals surface area contributed by atoms with E-state index in [1.165, 1.54) is 0 Å². The molecule has 24 heteroatoms. The molecule has 2 fully saturated rings. The minimum absolute atomic E-state index is 0.264. The molecule has 0 radical (unpaired) electrons. The Bertz CT molecular complexity index is 1130. The van der Waals surface area contributed by atoms with Gasteiger partial charge in [-0.25, -0.2) is 0 Å². The molecule has 1 aliphatic carbocycles. The predicted molar refractivity (Wildman–Crippen MR) is 178 cm³/mol. The lowest BCUT2D eigenvalue weighted by atomic mass is 9.93. The molecular weight excluding hydrogens is 750 g/mol. The maximum absolute atomic E-state index is 11.3. The number of aliphatic hydroxyl groups is 15. The molecular formula is C31H57N3O21. The molecule has 2 aliphatic rings. The number of hydrogen-bond donors (Lipinski definition) is 15. The van der Waals surface area contributed by atoms with Gasteiger partial charge in [0, 0.05) is 43.3 Å². The molecule has 9 unspecified atom stereocenters. The quantitative estimate of drug-likeness (QED) is 0.0127. The van der Waals surface area contributed by atoms with Crippen LogP contribution in [0, 0.1) is 0 Å². The average Bonchev–Trinajstić information content (AvgIpc) is 3.16. The van der Waals surface area contributed by atoms with E-state index in [1.807, 2.05) is 0 Å². The van der Waals surface area contributed by atoms with Gasteiger partial charge in [-0.2, -0.15) is 0 Å². The number of ether oxygens (including phenoxy) is 6. The molecule has 0 aromatic carbocycles. The van der Waals surface area contributed by atoms with Crippen molar-refractivity contribution in [1.82, 2.24) is 0 Å². The van der Waals surface area contributed by atoms with E-state index < -0.39 is 150 Å². The van der Waals surface area contributed by atoms with Crippen LogP contribution in [0.2, 0.25) is 0 Å². The van der Waals surface area contributed by atoms with Gasteiger partial charge >= 0.3 is 0 Å². The second-order valence-corrected chi connectivity index (χ2v) is 13.0. The SMILES string of the molecule is [N-]=[N+]=NC1CCC(O[C@@H]2OC(CO)[C@@H](O)C(OC(O)C(OC(/C=C(\O)[C@H](O)CCO)OCO[C@@H](O)C(O)C(O)[C@H](O)CCO)C(O)[C@H](O)CCO)C2O)CC1. The van der Waals surface area contributed by atoms with Gasteiger partial charge in [0.1, 0.15) is 60.7 Å². The molecule has 1 aliphatic heterocycles. The van der Waals surface area contributed by atoms with E-state index in [1.54, 1.807) is 0 Å². The second kappa shape index (κ2) is 25.4. The summed E-state index contributed by atoms with van der Waals surface area (Å²) in [5, 5.41) is 157. The van der Waals surface area contributed by atoms with Crippen molar-refractivity contribution in [2.45, 2.75) is 149 Å². The minimum Gasteiger partial charge on any atom is -0.510 e. The fourth-order valence-corrected chi connectivity index (χ4v) is 5.74. The van der Waals surface area contributed by atoms with Gasteiger partial charge in [0.25, 0.3) is 0 Å². The topological polar surface area (TPSA) is 408 Å².